The molecule has 0 spiro atoms. The zero-order valence-electron chi connectivity index (χ0n) is 10.3. The molecule has 0 saturated carbocycles. The zero-order valence-corrected chi connectivity index (χ0v) is 10.3. The molecule has 1 heterocycles. The third-order valence-corrected chi connectivity index (χ3v) is 3.45. The molecule has 3 nitrogen and oxygen atoms in total. The molecule has 1 aliphatic heterocycles. The van der Waals surface area contributed by atoms with Crippen LogP contribution in [0.2, 0.25) is 0 Å². The molecule has 3 heteroatoms. The zero-order chi connectivity index (χ0) is 12.1. The second kappa shape index (κ2) is 6.03. The molecule has 94 valence electrons. The largest absolute Gasteiger partial charge is 0.399 e. The number of hydrogen-bond acceptors (Lipinski definition) is 3. The van der Waals surface area contributed by atoms with Gasteiger partial charge in [0.15, 0.2) is 0 Å². The highest BCUT2D eigenvalue weighted by Crippen LogP contribution is 2.18. The van der Waals surface area contributed by atoms with Crippen molar-refractivity contribution < 1.29 is 5.11 Å². The summed E-state index contributed by atoms with van der Waals surface area (Å²) in [4.78, 5) is 2.37. The Morgan fingerprint density at radius 2 is 1.65 bits per heavy atom. The molecule has 1 aromatic carbocycles. The number of aliphatic hydroxyl groups is 1. The molecular weight excluding hydrogens is 212 g/mol. The van der Waals surface area contributed by atoms with Crippen LogP contribution >= 0.6 is 0 Å². The van der Waals surface area contributed by atoms with Crippen molar-refractivity contribution in [3.63, 3.8) is 0 Å². The van der Waals surface area contributed by atoms with Gasteiger partial charge in [0.1, 0.15) is 0 Å². The van der Waals surface area contributed by atoms with Crippen molar-refractivity contribution in [2.45, 2.75) is 31.8 Å². The average molecular weight is 234 g/mol. The fraction of sp³-hybridized carbons (Fsp3) is 0.571. The van der Waals surface area contributed by atoms with E-state index in [0.29, 0.717) is 0 Å². The minimum atomic E-state index is -0.395. The number of hydrogen-bond donors (Lipinski definition) is 2. The minimum absolute atomic E-state index is 0.395. The van der Waals surface area contributed by atoms with Gasteiger partial charge in [0, 0.05) is 12.2 Å². The summed E-state index contributed by atoms with van der Waals surface area (Å²) in [5.74, 6) is 0. The summed E-state index contributed by atoms with van der Waals surface area (Å²) >= 11 is 0. The first-order valence-electron chi connectivity index (χ1n) is 6.51. The Labute approximate surface area is 103 Å². The number of β-amino-alcohol motifs (C(OH)–C–C–N with tert-alkyl or cyclic N) is 1. The van der Waals surface area contributed by atoms with Crippen LogP contribution in [0.4, 0.5) is 5.69 Å². The van der Waals surface area contributed by atoms with E-state index in [9.17, 15) is 5.11 Å². The molecule has 1 atom stereocenters. The molecule has 1 aromatic rings. The standard InChI is InChI=1S/C14H22N2O/c15-13-7-5-12(6-8-13)14(17)11-16-9-3-1-2-4-10-16/h5-8,14,17H,1-4,9-11,15H2/t14-/m1/s1. The predicted octanol–water partition coefficient (Wildman–Crippen LogP) is 2.18. The highest BCUT2D eigenvalue weighted by Gasteiger charge is 2.14. The maximum atomic E-state index is 10.2. The lowest BCUT2D eigenvalue weighted by Crippen LogP contribution is -2.29. The lowest BCUT2D eigenvalue weighted by molar-refractivity contribution is 0.115. The number of likely N-dealkylation sites (tertiary alicyclic amines) is 1. The SMILES string of the molecule is Nc1ccc([C@H](O)CN2CCCCCC2)cc1. The molecule has 0 radical (unpaired) electrons. The third-order valence-electron chi connectivity index (χ3n) is 3.45. The van der Waals surface area contributed by atoms with E-state index in [0.717, 1.165) is 30.9 Å². The van der Waals surface area contributed by atoms with E-state index in [-0.39, 0.29) is 0 Å². The Morgan fingerprint density at radius 3 is 2.24 bits per heavy atom. The van der Waals surface area contributed by atoms with E-state index in [4.69, 9.17) is 5.73 Å². The average Bonchev–Trinajstić information content (AvgIpc) is 2.58. The van der Waals surface area contributed by atoms with Crippen LogP contribution in [0.5, 0.6) is 0 Å². The van der Waals surface area contributed by atoms with Crippen LogP contribution in [0.15, 0.2) is 24.3 Å². The van der Waals surface area contributed by atoms with E-state index in [1.54, 1.807) is 0 Å². The van der Waals surface area contributed by atoms with Crippen molar-refractivity contribution in [1.82, 2.24) is 4.90 Å². The van der Waals surface area contributed by atoms with E-state index in [2.05, 4.69) is 4.90 Å². The van der Waals surface area contributed by atoms with Gasteiger partial charge >= 0.3 is 0 Å². The molecule has 0 unspecified atom stereocenters. The highest BCUT2D eigenvalue weighted by atomic mass is 16.3. The van der Waals surface area contributed by atoms with Crippen LogP contribution in [0.3, 0.4) is 0 Å². The lowest BCUT2D eigenvalue weighted by atomic mass is 10.1. The predicted molar refractivity (Wildman–Crippen MR) is 70.7 cm³/mol. The molecule has 2 rings (SSSR count). The molecule has 0 aliphatic carbocycles. The summed E-state index contributed by atoms with van der Waals surface area (Å²) in [5, 5.41) is 10.2. The van der Waals surface area contributed by atoms with Gasteiger partial charge in [-0.25, -0.2) is 0 Å². The Hall–Kier alpha value is -1.06. The quantitative estimate of drug-likeness (QED) is 0.788. The molecular formula is C14H22N2O. The van der Waals surface area contributed by atoms with Gasteiger partial charge in [0.05, 0.1) is 6.10 Å². The van der Waals surface area contributed by atoms with Gasteiger partial charge in [-0.1, -0.05) is 25.0 Å². The molecule has 0 aromatic heterocycles. The maximum Gasteiger partial charge on any atom is 0.0916 e. The first-order chi connectivity index (χ1) is 8.25. The number of nitrogens with zero attached hydrogens (tertiary/aromatic N) is 1. The van der Waals surface area contributed by atoms with E-state index >= 15 is 0 Å². The number of benzene rings is 1. The van der Waals surface area contributed by atoms with E-state index in [1.165, 1.54) is 25.7 Å². The number of nitrogens with two attached hydrogens (primary N) is 1. The molecule has 17 heavy (non-hydrogen) atoms. The fourth-order valence-corrected chi connectivity index (χ4v) is 2.39. The van der Waals surface area contributed by atoms with Crippen molar-refractivity contribution in [3.05, 3.63) is 29.8 Å². The van der Waals surface area contributed by atoms with E-state index < -0.39 is 6.10 Å². The number of nitrogen functional groups attached to an aromatic ring is 1. The second-order valence-corrected chi connectivity index (χ2v) is 4.90. The van der Waals surface area contributed by atoms with Gasteiger partial charge in [-0.2, -0.15) is 0 Å². The summed E-state index contributed by atoms with van der Waals surface area (Å²) in [6, 6.07) is 7.53. The first kappa shape index (κ1) is 12.4. The Bertz CT molecular complexity index is 329. The number of anilines is 1. The van der Waals surface area contributed by atoms with Crippen LogP contribution in [0, 0.1) is 0 Å². The number of rotatable bonds is 3. The van der Waals surface area contributed by atoms with Gasteiger partial charge < -0.3 is 15.7 Å². The minimum Gasteiger partial charge on any atom is -0.399 e. The lowest BCUT2D eigenvalue weighted by Gasteiger charge is -2.23. The molecule has 3 N–H and O–H groups in total. The van der Waals surface area contributed by atoms with Crippen LogP contribution in [-0.2, 0) is 0 Å². The van der Waals surface area contributed by atoms with Crippen molar-refractivity contribution in [2.24, 2.45) is 0 Å². The van der Waals surface area contributed by atoms with Gasteiger partial charge in [0.25, 0.3) is 0 Å². The summed E-state index contributed by atoms with van der Waals surface area (Å²) in [6.45, 7) is 2.97. The Morgan fingerprint density at radius 1 is 1.06 bits per heavy atom. The Balaban J connectivity index is 1.91. The normalized spacial score (nSPS) is 19.8. The summed E-state index contributed by atoms with van der Waals surface area (Å²) in [7, 11) is 0. The summed E-state index contributed by atoms with van der Waals surface area (Å²) in [6.07, 6.45) is 4.78. The molecule has 0 amide bonds. The van der Waals surface area contributed by atoms with Crippen molar-refractivity contribution in [3.8, 4) is 0 Å². The topological polar surface area (TPSA) is 49.5 Å². The molecule has 0 bridgehead atoms. The molecule has 1 aliphatic rings. The third kappa shape index (κ3) is 3.72. The van der Waals surface area contributed by atoms with Gasteiger partial charge in [-0.05, 0) is 43.6 Å². The maximum absolute atomic E-state index is 10.2. The van der Waals surface area contributed by atoms with E-state index in [1.807, 2.05) is 24.3 Å². The van der Waals surface area contributed by atoms with Crippen LogP contribution < -0.4 is 5.73 Å². The van der Waals surface area contributed by atoms with Crippen molar-refractivity contribution in [2.75, 3.05) is 25.4 Å². The van der Waals surface area contributed by atoms with Gasteiger partial charge in [-0.15, -0.1) is 0 Å². The summed E-state index contributed by atoms with van der Waals surface area (Å²) in [5.41, 5.74) is 7.35. The molecule has 1 fully saturated rings. The number of aliphatic hydroxyl groups excluding tert-OH is 1. The van der Waals surface area contributed by atoms with Crippen molar-refractivity contribution in [1.29, 1.82) is 0 Å². The van der Waals surface area contributed by atoms with Crippen molar-refractivity contribution >= 4 is 5.69 Å². The first-order valence-corrected chi connectivity index (χ1v) is 6.51. The summed E-state index contributed by atoms with van der Waals surface area (Å²) < 4.78 is 0. The van der Waals surface area contributed by atoms with Gasteiger partial charge in [0.2, 0.25) is 0 Å². The highest BCUT2D eigenvalue weighted by molar-refractivity contribution is 5.39. The fourth-order valence-electron chi connectivity index (χ4n) is 2.39. The second-order valence-electron chi connectivity index (χ2n) is 4.90. The van der Waals surface area contributed by atoms with Gasteiger partial charge in [-0.3, -0.25) is 0 Å². The van der Waals surface area contributed by atoms with Crippen LogP contribution in [0.25, 0.3) is 0 Å². The monoisotopic (exact) mass is 234 g/mol. The Kier molecular flexibility index (Phi) is 4.40. The molecule has 1 saturated heterocycles. The smallest absolute Gasteiger partial charge is 0.0916 e. The van der Waals surface area contributed by atoms with Crippen LogP contribution in [-0.4, -0.2) is 29.6 Å². The van der Waals surface area contributed by atoms with Crippen LogP contribution in [0.1, 0.15) is 37.4 Å².